The highest BCUT2D eigenvalue weighted by Crippen LogP contribution is 2.02. The molecule has 0 aromatic rings. The average molecular weight is 260 g/mol. The van der Waals surface area contributed by atoms with Crippen molar-refractivity contribution in [2.75, 3.05) is 32.9 Å². The summed E-state index contributed by atoms with van der Waals surface area (Å²) < 4.78 is 5.15. The highest BCUT2D eigenvalue weighted by Gasteiger charge is 2.13. The van der Waals surface area contributed by atoms with Gasteiger partial charge in [0.1, 0.15) is 0 Å². The molecule has 0 unspecified atom stereocenters. The van der Waals surface area contributed by atoms with Gasteiger partial charge in [-0.25, -0.2) is 4.79 Å². The molecule has 0 spiro atoms. The summed E-state index contributed by atoms with van der Waals surface area (Å²) in [5.41, 5.74) is 0. The fourth-order valence-electron chi connectivity index (χ4n) is 1.52. The number of unbranched alkanes of at least 4 members (excludes halogenated alkanes) is 3. The van der Waals surface area contributed by atoms with Crippen LogP contribution in [-0.4, -0.2) is 54.1 Å². The molecule has 0 fully saturated rings. The normalized spacial score (nSPS) is 10.4. The number of hydrogen-bond donors (Lipinski definition) is 2. The SMILES string of the molecule is [CH2]CCCCCOC(=O)N(CCCO)CCCO. The predicted molar refractivity (Wildman–Crippen MR) is 70.2 cm³/mol. The summed E-state index contributed by atoms with van der Waals surface area (Å²) in [7, 11) is 0. The number of aliphatic hydroxyl groups excluding tert-OH is 2. The van der Waals surface area contributed by atoms with Crippen LogP contribution in [0.3, 0.4) is 0 Å². The molecule has 0 saturated heterocycles. The minimum Gasteiger partial charge on any atom is -0.449 e. The molecule has 1 radical (unpaired) electrons. The van der Waals surface area contributed by atoms with Crippen molar-refractivity contribution in [1.29, 1.82) is 0 Å². The maximum atomic E-state index is 11.7. The molecule has 0 bridgehead atoms. The van der Waals surface area contributed by atoms with E-state index in [1.54, 1.807) is 0 Å². The standard InChI is InChI=1S/C13H26NO4/c1-2-3-4-5-12-18-13(17)14(8-6-10-15)9-7-11-16/h15-16H,1-12H2. The van der Waals surface area contributed by atoms with Crippen LogP contribution in [0, 0.1) is 6.92 Å². The summed E-state index contributed by atoms with van der Waals surface area (Å²) >= 11 is 0. The van der Waals surface area contributed by atoms with Crippen molar-refractivity contribution < 1.29 is 19.7 Å². The van der Waals surface area contributed by atoms with Crippen LogP contribution in [0.25, 0.3) is 0 Å². The van der Waals surface area contributed by atoms with E-state index in [-0.39, 0.29) is 19.3 Å². The summed E-state index contributed by atoms with van der Waals surface area (Å²) in [5, 5.41) is 17.5. The number of hydrogen-bond acceptors (Lipinski definition) is 4. The smallest absolute Gasteiger partial charge is 0.409 e. The van der Waals surface area contributed by atoms with E-state index in [2.05, 4.69) is 6.92 Å². The molecule has 1 amide bonds. The first kappa shape index (κ1) is 17.2. The van der Waals surface area contributed by atoms with Crippen molar-refractivity contribution in [3.63, 3.8) is 0 Å². The van der Waals surface area contributed by atoms with Crippen molar-refractivity contribution >= 4 is 6.09 Å². The maximum Gasteiger partial charge on any atom is 0.409 e. The Hall–Kier alpha value is -0.810. The van der Waals surface area contributed by atoms with Crippen LogP contribution in [-0.2, 0) is 4.74 Å². The van der Waals surface area contributed by atoms with Gasteiger partial charge in [0.05, 0.1) is 6.61 Å². The first-order valence-electron chi connectivity index (χ1n) is 6.69. The minimum absolute atomic E-state index is 0.0480. The van der Waals surface area contributed by atoms with E-state index < -0.39 is 0 Å². The predicted octanol–water partition coefficient (Wildman–Crippen LogP) is 1.58. The Balaban J connectivity index is 3.80. The van der Waals surface area contributed by atoms with E-state index in [1.165, 1.54) is 4.90 Å². The van der Waals surface area contributed by atoms with Gasteiger partial charge in [-0.1, -0.05) is 26.2 Å². The molecule has 107 valence electrons. The largest absolute Gasteiger partial charge is 0.449 e. The number of carbonyl (C=O) groups excluding carboxylic acids is 1. The minimum atomic E-state index is -0.355. The fourth-order valence-corrected chi connectivity index (χ4v) is 1.52. The maximum absolute atomic E-state index is 11.7. The molecular weight excluding hydrogens is 234 g/mol. The van der Waals surface area contributed by atoms with Crippen LogP contribution >= 0.6 is 0 Å². The lowest BCUT2D eigenvalue weighted by molar-refractivity contribution is 0.0951. The second-order valence-corrected chi connectivity index (χ2v) is 4.17. The van der Waals surface area contributed by atoms with E-state index in [1.807, 2.05) is 0 Å². The first-order chi connectivity index (χ1) is 8.76. The Morgan fingerprint density at radius 2 is 1.61 bits per heavy atom. The van der Waals surface area contributed by atoms with E-state index in [9.17, 15) is 4.79 Å². The van der Waals surface area contributed by atoms with Crippen molar-refractivity contribution in [3.05, 3.63) is 6.92 Å². The molecule has 0 aliphatic carbocycles. The van der Waals surface area contributed by atoms with Crippen molar-refractivity contribution in [2.45, 2.75) is 38.5 Å². The molecule has 2 N–H and O–H groups in total. The van der Waals surface area contributed by atoms with Gasteiger partial charge >= 0.3 is 6.09 Å². The fraction of sp³-hybridized carbons (Fsp3) is 0.846. The third kappa shape index (κ3) is 9.24. The molecule has 5 heteroatoms. The molecule has 0 aromatic carbocycles. The van der Waals surface area contributed by atoms with Gasteiger partial charge in [0.15, 0.2) is 0 Å². The van der Waals surface area contributed by atoms with Gasteiger partial charge in [0, 0.05) is 26.3 Å². The molecule has 0 atom stereocenters. The summed E-state index contributed by atoms with van der Waals surface area (Å²) in [4.78, 5) is 13.3. The molecule has 0 aliphatic heterocycles. The number of nitrogens with zero attached hydrogens (tertiary/aromatic N) is 1. The molecule has 0 rings (SSSR count). The van der Waals surface area contributed by atoms with E-state index in [4.69, 9.17) is 14.9 Å². The molecule has 18 heavy (non-hydrogen) atoms. The zero-order valence-corrected chi connectivity index (χ0v) is 11.1. The molecule has 0 aromatic heterocycles. The van der Waals surface area contributed by atoms with Crippen LogP contribution in [0.4, 0.5) is 4.79 Å². The van der Waals surface area contributed by atoms with Crippen LogP contribution in [0.15, 0.2) is 0 Å². The summed E-state index contributed by atoms with van der Waals surface area (Å²) in [6, 6.07) is 0. The molecule has 0 heterocycles. The highest BCUT2D eigenvalue weighted by molar-refractivity contribution is 5.67. The Morgan fingerprint density at radius 1 is 1.00 bits per heavy atom. The van der Waals surface area contributed by atoms with Gasteiger partial charge in [-0.15, -0.1) is 0 Å². The number of amides is 1. The van der Waals surface area contributed by atoms with Gasteiger partial charge in [0.2, 0.25) is 0 Å². The third-order valence-corrected chi connectivity index (χ3v) is 2.55. The van der Waals surface area contributed by atoms with Gasteiger partial charge < -0.3 is 19.8 Å². The summed E-state index contributed by atoms with van der Waals surface area (Å²) in [6.45, 7) is 5.20. The molecule has 5 nitrogen and oxygen atoms in total. The zero-order chi connectivity index (χ0) is 13.6. The Morgan fingerprint density at radius 3 is 2.11 bits per heavy atom. The number of aliphatic hydroxyl groups is 2. The quantitative estimate of drug-likeness (QED) is 0.553. The summed E-state index contributed by atoms with van der Waals surface area (Å²) in [5.74, 6) is 0. The van der Waals surface area contributed by atoms with E-state index in [0.29, 0.717) is 32.5 Å². The number of ether oxygens (including phenoxy) is 1. The Kier molecular flexibility index (Phi) is 12.1. The number of rotatable bonds is 11. The monoisotopic (exact) mass is 260 g/mol. The third-order valence-electron chi connectivity index (χ3n) is 2.55. The van der Waals surface area contributed by atoms with Gasteiger partial charge in [0.25, 0.3) is 0 Å². The van der Waals surface area contributed by atoms with Crippen LogP contribution < -0.4 is 0 Å². The van der Waals surface area contributed by atoms with Gasteiger partial charge in [-0.05, 0) is 19.3 Å². The Labute approximate surface area is 110 Å². The van der Waals surface area contributed by atoms with Crippen molar-refractivity contribution in [2.24, 2.45) is 0 Å². The van der Waals surface area contributed by atoms with Gasteiger partial charge in [-0.2, -0.15) is 0 Å². The Bertz CT molecular complexity index is 191. The highest BCUT2D eigenvalue weighted by atomic mass is 16.6. The zero-order valence-electron chi connectivity index (χ0n) is 11.1. The lowest BCUT2D eigenvalue weighted by atomic mass is 10.2. The molecular formula is C13H26NO4. The number of carbonyl (C=O) groups is 1. The van der Waals surface area contributed by atoms with Gasteiger partial charge in [-0.3, -0.25) is 0 Å². The van der Waals surface area contributed by atoms with Crippen LogP contribution in [0.5, 0.6) is 0 Å². The van der Waals surface area contributed by atoms with Crippen molar-refractivity contribution in [3.8, 4) is 0 Å². The second-order valence-electron chi connectivity index (χ2n) is 4.17. The summed E-state index contributed by atoms with van der Waals surface area (Å²) in [6.07, 6.45) is 4.54. The van der Waals surface area contributed by atoms with E-state index >= 15 is 0 Å². The van der Waals surface area contributed by atoms with Crippen LogP contribution in [0.2, 0.25) is 0 Å². The van der Waals surface area contributed by atoms with Crippen molar-refractivity contribution in [1.82, 2.24) is 4.90 Å². The lowest BCUT2D eigenvalue weighted by Gasteiger charge is -2.21. The molecule has 0 saturated carbocycles. The average Bonchev–Trinajstić information content (AvgIpc) is 2.38. The lowest BCUT2D eigenvalue weighted by Crippen LogP contribution is -2.34. The molecule has 0 aliphatic rings. The van der Waals surface area contributed by atoms with E-state index in [0.717, 1.165) is 25.7 Å². The van der Waals surface area contributed by atoms with Crippen LogP contribution in [0.1, 0.15) is 38.5 Å². The second kappa shape index (κ2) is 12.6. The topological polar surface area (TPSA) is 70.0 Å². The first-order valence-corrected chi connectivity index (χ1v) is 6.69.